The highest BCUT2D eigenvalue weighted by atomic mass is 16.5. The van der Waals surface area contributed by atoms with Crippen LogP contribution in [-0.2, 0) is 0 Å². The summed E-state index contributed by atoms with van der Waals surface area (Å²) in [7, 11) is 1.65. The summed E-state index contributed by atoms with van der Waals surface area (Å²) in [6, 6.07) is 15.4. The highest BCUT2D eigenvalue weighted by Crippen LogP contribution is 2.24. The molecule has 3 rings (SSSR count). The van der Waals surface area contributed by atoms with E-state index >= 15 is 0 Å². The van der Waals surface area contributed by atoms with Gasteiger partial charge in [0.05, 0.1) is 30.9 Å². The van der Waals surface area contributed by atoms with Gasteiger partial charge in [0.2, 0.25) is 0 Å². The molecule has 0 bridgehead atoms. The summed E-state index contributed by atoms with van der Waals surface area (Å²) in [4.78, 5) is 8.94. The molecule has 1 heterocycles. The van der Waals surface area contributed by atoms with E-state index in [0.29, 0.717) is 0 Å². The van der Waals surface area contributed by atoms with Crippen LogP contribution >= 0.6 is 0 Å². The third-order valence-corrected chi connectivity index (χ3v) is 3.21. The lowest BCUT2D eigenvalue weighted by Gasteiger charge is -2.06. The molecule has 0 saturated carbocycles. The van der Waals surface area contributed by atoms with Crippen molar-refractivity contribution in [1.29, 1.82) is 0 Å². The van der Waals surface area contributed by atoms with E-state index < -0.39 is 0 Å². The standard InChI is InChI=1S/C17H15N3O/c1-21-15-4-2-3-13(9-15)17-11-19-10-16(20-17)12-5-7-14(18)8-6-12/h2-11H,18H2,1H3. The Morgan fingerprint density at radius 1 is 0.905 bits per heavy atom. The summed E-state index contributed by atoms with van der Waals surface area (Å²) in [5.74, 6) is 0.798. The van der Waals surface area contributed by atoms with Crippen LogP contribution in [0.15, 0.2) is 60.9 Å². The van der Waals surface area contributed by atoms with E-state index in [1.807, 2.05) is 48.5 Å². The Morgan fingerprint density at radius 2 is 1.62 bits per heavy atom. The predicted octanol–water partition coefficient (Wildman–Crippen LogP) is 3.40. The number of anilines is 1. The van der Waals surface area contributed by atoms with E-state index in [2.05, 4.69) is 9.97 Å². The molecule has 2 aromatic carbocycles. The highest BCUT2D eigenvalue weighted by Gasteiger charge is 2.05. The number of nitrogens with zero attached hydrogens (tertiary/aromatic N) is 2. The van der Waals surface area contributed by atoms with Crippen molar-refractivity contribution in [3.05, 3.63) is 60.9 Å². The Morgan fingerprint density at radius 3 is 2.33 bits per heavy atom. The third kappa shape index (κ3) is 2.84. The molecule has 0 aliphatic heterocycles. The third-order valence-electron chi connectivity index (χ3n) is 3.21. The van der Waals surface area contributed by atoms with Crippen LogP contribution < -0.4 is 10.5 Å². The smallest absolute Gasteiger partial charge is 0.119 e. The van der Waals surface area contributed by atoms with Gasteiger partial charge in [0.15, 0.2) is 0 Å². The molecule has 0 unspecified atom stereocenters. The van der Waals surface area contributed by atoms with Crippen molar-refractivity contribution in [2.45, 2.75) is 0 Å². The Labute approximate surface area is 123 Å². The van der Waals surface area contributed by atoms with E-state index in [-0.39, 0.29) is 0 Å². The normalized spacial score (nSPS) is 10.3. The number of benzene rings is 2. The fourth-order valence-electron chi connectivity index (χ4n) is 2.08. The molecule has 1 aromatic heterocycles. The van der Waals surface area contributed by atoms with E-state index in [0.717, 1.165) is 34.0 Å². The van der Waals surface area contributed by atoms with Gasteiger partial charge in [0.25, 0.3) is 0 Å². The van der Waals surface area contributed by atoms with Crippen molar-refractivity contribution in [2.24, 2.45) is 0 Å². The second-order valence-electron chi connectivity index (χ2n) is 4.64. The summed E-state index contributed by atoms with van der Waals surface area (Å²) in [6.45, 7) is 0. The van der Waals surface area contributed by atoms with E-state index in [4.69, 9.17) is 10.5 Å². The van der Waals surface area contributed by atoms with Crippen molar-refractivity contribution in [3.8, 4) is 28.3 Å². The van der Waals surface area contributed by atoms with Crippen LogP contribution in [0.25, 0.3) is 22.5 Å². The van der Waals surface area contributed by atoms with Gasteiger partial charge in [-0.2, -0.15) is 0 Å². The first-order valence-corrected chi connectivity index (χ1v) is 6.58. The molecule has 0 saturated heterocycles. The van der Waals surface area contributed by atoms with Crippen LogP contribution in [0.2, 0.25) is 0 Å². The van der Waals surface area contributed by atoms with Gasteiger partial charge in [0.1, 0.15) is 5.75 Å². The van der Waals surface area contributed by atoms with E-state index in [9.17, 15) is 0 Å². The Balaban J connectivity index is 2.01. The van der Waals surface area contributed by atoms with Gasteiger partial charge < -0.3 is 10.5 Å². The van der Waals surface area contributed by atoms with Crippen LogP contribution in [0, 0.1) is 0 Å². The Bertz CT molecular complexity index is 754. The molecule has 4 heteroatoms. The van der Waals surface area contributed by atoms with Crippen molar-refractivity contribution in [2.75, 3.05) is 12.8 Å². The largest absolute Gasteiger partial charge is 0.497 e. The van der Waals surface area contributed by atoms with Gasteiger partial charge in [-0.15, -0.1) is 0 Å². The fraction of sp³-hybridized carbons (Fsp3) is 0.0588. The van der Waals surface area contributed by atoms with Crippen LogP contribution in [0.1, 0.15) is 0 Å². The van der Waals surface area contributed by atoms with E-state index in [1.54, 1.807) is 19.5 Å². The average Bonchev–Trinajstić information content (AvgIpc) is 2.56. The molecule has 0 spiro atoms. The number of rotatable bonds is 3. The van der Waals surface area contributed by atoms with Gasteiger partial charge >= 0.3 is 0 Å². The maximum atomic E-state index is 5.71. The molecule has 104 valence electrons. The number of methoxy groups -OCH3 is 1. The quantitative estimate of drug-likeness (QED) is 0.745. The summed E-state index contributed by atoms with van der Waals surface area (Å²) < 4.78 is 5.24. The molecule has 0 aliphatic rings. The Hall–Kier alpha value is -2.88. The van der Waals surface area contributed by atoms with Gasteiger partial charge in [-0.1, -0.05) is 24.3 Å². The van der Waals surface area contributed by atoms with Crippen LogP contribution in [0.5, 0.6) is 5.75 Å². The molecule has 0 aliphatic carbocycles. The molecular formula is C17H15N3O. The molecule has 2 N–H and O–H groups in total. The predicted molar refractivity (Wildman–Crippen MR) is 83.9 cm³/mol. The van der Waals surface area contributed by atoms with Gasteiger partial charge in [0, 0.05) is 16.8 Å². The first-order valence-electron chi connectivity index (χ1n) is 6.58. The highest BCUT2D eigenvalue weighted by molar-refractivity contribution is 5.66. The van der Waals surface area contributed by atoms with Crippen LogP contribution in [0.4, 0.5) is 5.69 Å². The van der Waals surface area contributed by atoms with Crippen LogP contribution in [-0.4, -0.2) is 17.1 Å². The first-order chi connectivity index (χ1) is 10.3. The summed E-state index contributed by atoms with van der Waals surface area (Å²) >= 11 is 0. The molecule has 0 fully saturated rings. The second-order valence-corrected chi connectivity index (χ2v) is 4.64. The summed E-state index contributed by atoms with van der Waals surface area (Å²) in [5.41, 5.74) is 10.0. The Kier molecular flexibility index (Phi) is 3.51. The van der Waals surface area contributed by atoms with Crippen molar-refractivity contribution < 1.29 is 4.74 Å². The molecular weight excluding hydrogens is 262 g/mol. The molecule has 21 heavy (non-hydrogen) atoms. The van der Waals surface area contributed by atoms with Gasteiger partial charge in [-0.3, -0.25) is 4.98 Å². The zero-order valence-corrected chi connectivity index (χ0v) is 11.7. The first kappa shape index (κ1) is 13.1. The van der Waals surface area contributed by atoms with Crippen molar-refractivity contribution >= 4 is 5.69 Å². The lowest BCUT2D eigenvalue weighted by Crippen LogP contribution is -1.91. The SMILES string of the molecule is COc1cccc(-c2cncc(-c3ccc(N)cc3)n2)c1. The van der Waals surface area contributed by atoms with Crippen molar-refractivity contribution in [1.82, 2.24) is 9.97 Å². The average molecular weight is 277 g/mol. The minimum Gasteiger partial charge on any atom is -0.497 e. The molecule has 4 nitrogen and oxygen atoms in total. The van der Waals surface area contributed by atoms with Crippen molar-refractivity contribution in [3.63, 3.8) is 0 Å². The molecule has 0 atom stereocenters. The topological polar surface area (TPSA) is 61.0 Å². The minimum atomic E-state index is 0.732. The van der Waals surface area contributed by atoms with Gasteiger partial charge in [-0.05, 0) is 24.3 Å². The number of nitrogens with two attached hydrogens (primary N) is 1. The second kappa shape index (κ2) is 5.63. The number of aromatic nitrogens is 2. The zero-order valence-electron chi connectivity index (χ0n) is 11.7. The van der Waals surface area contributed by atoms with Gasteiger partial charge in [-0.25, -0.2) is 4.98 Å². The maximum Gasteiger partial charge on any atom is 0.119 e. The maximum absolute atomic E-state index is 5.71. The number of hydrogen-bond acceptors (Lipinski definition) is 4. The summed E-state index contributed by atoms with van der Waals surface area (Å²) in [6.07, 6.45) is 3.49. The molecule has 0 radical (unpaired) electrons. The lowest BCUT2D eigenvalue weighted by molar-refractivity contribution is 0.415. The summed E-state index contributed by atoms with van der Waals surface area (Å²) in [5, 5.41) is 0. The number of ether oxygens (including phenoxy) is 1. The minimum absolute atomic E-state index is 0.732. The zero-order chi connectivity index (χ0) is 14.7. The van der Waals surface area contributed by atoms with Crippen LogP contribution in [0.3, 0.4) is 0 Å². The molecule has 0 amide bonds. The number of hydrogen-bond donors (Lipinski definition) is 1. The number of nitrogen functional groups attached to an aromatic ring is 1. The fourth-order valence-corrected chi connectivity index (χ4v) is 2.08. The lowest BCUT2D eigenvalue weighted by atomic mass is 10.1. The van der Waals surface area contributed by atoms with E-state index in [1.165, 1.54) is 0 Å². The monoisotopic (exact) mass is 277 g/mol. The molecule has 3 aromatic rings.